The van der Waals surface area contributed by atoms with Gasteiger partial charge in [-0.3, -0.25) is 4.79 Å². The number of hydrogen-bond donors (Lipinski definition) is 1. The first kappa shape index (κ1) is 17.0. The molecule has 0 radical (unpaired) electrons. The van der Waals surface area contributed by atoms with Gasteiger partial charge in [-0.15, -0.1) is 0 Å². The second kappa shape index (κ2) is 6.20. The van der Waals surface area contributed by atoms with Crippen LogP contribution in [0.15, 0.2) is 54.6 Å². The number of carboxylic acids is 1. The summed E-state index contributed by atoms with van der Waals surface area (Å²) < 4.78 is 1.84. The van der Waals surface area contributed by atoms with Gasteiger partial charge < -0.3 is 9.67 Å². The van der Waals surface area contributed by atoms with Gasteiger partial charge >= 0.3 is 5.97 Å². The van der Waals surface area contributed by atoms with E-state index >= 15 is 0 Å². The van der Waals surface area contributed by atoms with E-state index in [0.717, 1.165) is 11.1 Å². The molecule has 0 fully saturated rings. The zero-order chi connectivity index (χ0) is 18.2. The fourth-order valence-electron chi connectivity index (χ4n) is 3.04. The molecule has 0 saturated heterocycles. The average Bonchev–Trinajstić information content (AvgIpc) is 2.89. The van der Waals surface area contributed by atoms with Crippen LogP contribution >= 0.6 is 0 Å². The number of ketones is 1. The van der Waals surface area contributed by atoms with Crippen LogP contribution in [0.2, 0.25) is 0 Å². The molecule has 0 aliphatic carbocycles. The summed E-state index contributed by atoms with van der Waals surface area (Å²) in [7, 11) is 0. The molecule has 3 aromatic rings. The Morgan fingerprint density at radius 3 is 2.16 bits per heavy atom. The van der Waals surface area contributed by atoms with Gasteiger partial charge in [0.1, 0.15) is 5.69 Å². The summed E-state index contributed by atoms with van der Waals surface area (Å²) in [5.74, 6) is -1.24. The maximum absolute atomic E-state index is 13.1. The number of benzene rings is 2. The number of Topliss-reactive ketones (excluding diaryl/α,β-unsaturated/α-hetero) is 1. The van der Waals surface area contributed by atoms with Gasteiger partial charge in [0.2, 0.25) is 0 Å². The van der Waals surface area contributed by atoms with E-state index in [0.29, 0.717) is 11.9 Å². The molecule has 3 rings (SSSR count). The molecule has 1 aromatic heterocycles. The standard InChI is InChI=1S/C21H21NO3/c1-21(2,3)19(23)18-17(20(24)25)15-11-7-8-12-16(15)22(18)13-14-9-5-4-6-10-14/h4-12H,13H2,1-3H3,(H,24,25). The number of fused-ring (bicyclic) bond motifs is 1. The minimum Gasteiger partial charge on any atom is -0.478 e. The molecule has 128 valence electrons. The smallest absolute Gasteiger partial charge is 0.338 e. The summed E-state index contributed by atoms with van der Waals surface area (Å²) in [5.41, 5.74) is 1.46. The molecule has 0 bridgehead atoms. The van der Waals surface area contributed by atoms with Gasteiger partial charge in [0.25, 0.3) is 0 Å². The highest BCUT2D eigenvalue weighted by Crippen LogP contribution is 2.32. The molecule has 0 aliphatic rings. The first-order chi connectivity index (χ1) is 11.8. The molecule has 0 atom stereocenters. The lowest BCUT2D eigenvalue weighted by Gasteiger charge is -2.19. The topological polar surface area (TPSA) is 59.3 Å². The predicted molar refractivity (Wildman–Crippen MR) is 98.2 cm³/mol. The Bertz CT molecular complexity index is 946. The predicted octanol–water partition coefficient (Wildman–Crippen LogP) is 4.62. The Balaban J connectivity index is 2.33. The fraction of sp³-hybridized carbons (Fsp3) is 0.238. The van der Waals surface area contributed by atoms with E-state index in [9.17, 15) is 14.7 Å². The molecule has 2 aromatic carbocycles. The van der Waals surface area contributed by atoms with Crippen molar-refractivity contribution < 1.29 is 14.7 Å². The Hall–Kier alpha value is -2.88. The molecular weight excluding hydrogens is 314 g/mol. The lowest BCUT2D eigenvalue weighted by atomic mass is 9.87. The number of rotatable bonds is 4. The Kier molecular flexibility index (Phi) is 4.21. The maximum atomic E-state index is 13.1. The molecular formula is C21H21NO3. The van der Waals surface area contributed by atoms with Gasteiger partial charge in [-0.25, -0.2) is 4.79 Å². The van der Waals surface area contributed by atoms with Crippen LogP contribution < -0.4 is 0 Å². The van der Waals surface area contributed by atoms with Crippen molar-refractivity contribution in [1.82, 2.24) is 4.57 Å². The van der Waals surface area contributed by atoms with Crippen molar-refractivity contribution in [3.63, 3.8) is 0 Å². The normalized spacial score (nSPS) is 11.6. The van der Waals surface area contributed by atoms with Crippen LogP contribution in [0.4, 0.5) is 0 Å². The molecule has 4 nitrogen and oxygen atoms in total. The van der Waals surface area contributed by atoms with Crippen molar-refractivity contribution in [2.45, 2.75) is 27.3 Å². The summed E-state index contributed by atoms with van der Waals surface area (Å²) in [6, 6.07) is 17.0. The second-order valence-corrected chi connectivity index (χ2v) is 7.20. The molecule has 0 saturated carbocycles. The number of aromatic carboxylic acids is 1. The van der Waals surface area contributed by atoms with Crippen LogP contribution in [-0.2, 0) is 6.54 Å². The van der Waals surface area contributed by atoms with Crippen LogP contribution in [0.1, 0.15) is 47.2 Å². The number of hydrogen-bond acceptors (Lipinski definition) is 2. The molecule has 0 unspecified atom stereocenters. The van der Waals surface area contributed by atoms with E-state index in [4.69, 9.17) is 0 Å². The SMILES string of the molecule is CC(C)(C)C(=O)c1c(C(=O)O)c2ccccc2n1Cc1ccccc1. The van der Waals surface area contributed by atoms with Gasteiger partial charge in [-0.1, -0.05) is 69.3 Å². The van der Waals surface area contributed by atoms with Crippen LogP contribution in [0.25, 0.3) is 10.9 Å². The van der Waals surface area contributed by atoms with Crippen molar-refractivity contribution in [3.8, 4) is 0 Å². The minimum absolute atomic E-state index is 0.0893. The van der Waals surface area contributed by atoms with Gasteiger partial charge in [0, 0.05) is 22.9 Å². The van der Waals surface area contributed by atoms with Crippen molar-refractivity contribution in [1.29, 1.82) is 0 Å². The highest BCUT2D eigenvalue weighted by molar-refractivity contribution is 6.15. The second-order valence-electron chi connectivity index (χ2n) is 7.20. The van der Waals surface area contributed by atoms with Crippen LogP contribution in [-0.4, -0.2) is 21.4 Å². The number of para-hydroxylation sites is 1. The van der Waals surface area contributed by atoms with Gasteiger partial charge in [-0.2, -0.15) is 0 Å². The molecule has 0 aliphatic heterocycles. The number of carbonyl (C=O) groups excluding carboxylic acids is 1. The van der Waals surface area contributed by atoms with E-state index in [1.807, 2.05) is 67.8 Å². The summed E-state index contributed by atoms with van der Waals surface area (Å²) in [6.45, 7) is 5.88. The summed E-state index contributed by atoms with van der Waals surface area (Å²) in [4.78, 5) is 25.1. The van der Waals surface area contributed by atoms with Crippen LogP contribution in [0.5, 0.6) is 0 Å². The molecule has 0 amide bonds. The minimum atomic E-state index is -1.07. The summed E-state index contributed by atoms with van der Waals surface area (Å²) in [5, 5.41) is 10.4. The zero-order valence-electron chi connectivity index (χ0n) is 14.6. The van der Waals surface area contributed by atoms with Crippen molar-refractivity contribution in [3.05, 3.63) is 71.4 Å². The monoisotopic (exact) mass is 335 g/mol. The number of nitrogens with zero attached hydrogens (tertiary/aromatic N) is 1. The third-order valence-electron chi connectivity index (χ3n) is 4.26. The number of carbonyl (C=O) groups is 2. The Labute approximate surface area is 146 Å². The zero-order valence-corrected chi connectivity index (χ0v) is 14.6. The summed E-state index contributed by atoms with van der Waals surface area (Å²) in [6.07, 6.45) is 0. The largest absolute Gasteiger partial charge is 0.478 e. The Morgan fingerprint density at radius 1 is 0.960 bits per heavy atom. The highest BCUT2D eigenvalue weighted by Gasteiger charge is 2.33. The van der Waals surface area contributed by atoms with Crippen molar-refractivity contribution >= 4 is 22.7 Å². The average molecular weight is 335 g/mol. The number of carboxylic acid groups (broad SMARTS) is 1. The van der Waals surface area contributed by atoms with E-state index in [1.165, 1.54) is 0 Å². The van der Waals surface area contributed by atoms with Crippen LogP contribution in [0, 0.1) is 5.41 Å². The summed E-state index contributed by atoms with van der Waals surface area (Å²) >= 11 is 0. The van der Waals surface area contributed by atoms with E-state index < -0.39 is 11.4 Å². The molecule has 25 heavy (non-hydrogen) atoms. The lowest BCUT2D eigenvalue weighted by Crippen LogP contribution is -2.25. The maximum Gasteiger partial charge on any atom is 0.338 e. The number of aromatic nitrogens is 1. The fourth-order valence-corrected chi connectivity index (χ4v) is 3.04. The van der Waals surface area contributed by atoms with Gasteiger partial charge in [0.15, 0.2) is 5.78 Å². The first-order valence-corrected chi connectivity index (χ1v) is 8.24. The van der Waals surface area contributed by atoms with Crippen LogP contribution in [0.3, 0.4) is 0 Å². The quantitative estimate of drug-likeness (QED) is 0.708. The Morgan fingerprint density at radius 2 is 1.56 bits per heavy atom. The van der Waals surface area contributed by atoms with E-state index in [2.05, 4.69) is 0 Å². The van der Waals surface area contributed by atoms with Crippen molar-refractivity contribution in [2.75, 3.05) is 0 Å². The van der Waals surface area contributed by atoms with Gasteiger partial charge in [0.05, 0.1) is 5.56 Å². The highest BCUT2D eigenvalue weighted by atomic mass is 16.4. The first-order valence-electron chi connectivity index (χ1n) is 8.24. The van der Waals surface area contributed by atoms with Gasteiger partial charge in [-0.05, 0) is 11.6 Å². The molecule has 1 heterocycles. The third-order valence-corrected chi connectivity index (χ3v) is 4.26. The lowest BCUT2D eigenvalue weighted by molar-refractivity contribution is 0.0688. The molecule has 4 heteroatoms. The van der Waals surface area contributed by atoms with E-state index in [-0.39, 0.29) is 17.0 Å². The van der Waals surface area contributed by atoms with E-state index in [1.54, 1.807) is 12.1 Å². The third kappa shape index (κ3) is 3.07. The molecule has 1 N–H and O–H groups in total. The molecule has 0 spiro atoms. The van der Waals surface area contributed by atoms with Crippen molar-refractivity contribution in [2.24, 2.45) is 5.41 Å².